The van der Waals surface area contributed by atoms with Gasteiger partial charge in [-0.25, -0.2) is 0 Å². The molecule has 1 aliphatic rings. The van der Waals surface area contributed by atoms with Gasteiger partial charge in [-0.1, -0.05) is 18.2 Å². The molecule has 1 heterocycles. The van der Waals surface area contributed by atoms with E-state index in [1.165, 1.54) is 5.56 Å². The average molecular weight is 411 g/mol. The molecule has 6 heteroatoms. The quantitative estimate of drug-likeness (QED) is 0.625. The minimum atomic E-state index is 0.0189. The van der Waals surface area contributed by atoms with Crippen molar-refractivity contribution in [2.24, 2.45) is 0 Å². The smallest absolute Gasteiger partial charge is 0.254 e. The van der Waals surface area contributed by atoms with E-state index in [9.17, 15) is 4.79 Å². The number of carbonyl (C=O) groups is 1. The normalized spacial score (nSPS) is 14.3. The van der Waals surface area contributed by atoms with Crippen molar-refractivity contribution in [3.05, 3.63) is 65.7 Å². The first-order valence-corrected chi connectivity index (χ1v) is 10.1. The lowest BCUT2D eigenvalue weighted by molar-refractivity contribution is 0.0628. The predicted octanol–water partition coefficient (Wildman–Crippen LogP) is 3.40. The third kappa shape index (κ3) is 4.94. The first-order valence-electron chi connectivity index (χ1n) is 10.1. The Labute approximate surface area is 178 Å². The van der Waals surface area contributed by atoms with E-state index in [-0.39, 0.29) is 5.91 Å². The highest BCUT2D eigenvalue weighted by Crippen LogP contribution is 2.33. The molecular formula is C24H30N2O4. The summed E-state index contributed by atoms with van der Waals surface area (Å²) in [6.45, 7) is 7.73. The Bertz CT molecular complexity index is 872. The third-order valence-corrected chi connectivity index (χ3v) is 5.39. The van der Waals surface area contributed by atoms with Crippen molar-refractivity contribution in [2.45, 2.75) is 13.0 Å². The topological polar surface area (TPSA) is 51.2 Å². The summed E-state index contributed by atoms with van der Waals surface area (Å²) < 4.78 is 16.1. The lowest BCUT2D eigenvalue weighted by atomic mass is 10.0. The van der Waals surface area contributed by atoms with Gasteiger partial charge in [0.05, 0.1) is 21.3 Å². The highest BCUT2D eigenvalue weighted by molar-refractivity contribution is 5.95. The summed E-state index contributed by atoms with van der Waals surface area (Å²) in [6.07, 6.45) is 2.40. The van der Waals surface area contributed by atoms with Gasteiger partial charge in [0.2, 0.25) is 0 Å². The molecule has 0 aromatic heterocycles. The first-order chi connectivity index (χ1) is 14.6. The Kier molecular flexibility index (Phi) is 7.36. The fourth-order valence-corrected chi connectivity index (χ4v) is 3.75. The second kappa shape index (κ2) is 10.2. The number of rotatable bonds is 8. The summed E-state index contributed by atoms with van der Waals surface area (Å²) in [4.78, 5) is 17.4. The van der Waals surface area contributed by atoms with Crippen LogP contribution in [0.5, 0.6) is 17.2 Å². The number of piperazine rings is 1. The average Bonchev–Trinajstić information content (AvgIpc) is 2.79. The molecule has 0 spiro atoms. The lowest BCUT2D eigenvalue weighted by Crippen LogP contribution is -2.48. The van der Waals surface area contributed by atoms with E-state index in [0.717, 1.165) is 30.9 Å². The highest BCUT2D eigenvalue weighted by atomic mass is 16.5. The molecule has 0 bridgehead atoms. The van der Waals surface area contributed by atoms with E-state index >= 15 is 0 Å². The maximum atomic E-state index is 13.1. The molecular weight excluding hydrogens is 380 g/mol. The van der Waals surface area contributed by atoms with Gasteiger partial charge in [0, 0.05) is 43.9 Å². The molecule has 160 valence electrons. The van der Waals surface area contributed by atoms with Crippen molar-refractivity contribution in [2.75, 3.05) is 47.5 Å². The highest BCUT2D eigenvalue weighted by Gasteiger charge is 2.24. The molecule has 2 aromatic rings. The van der Waals surface area contributed by atoms with E-state index < -0.39 is 0 Å². The molecule has 0 saturated carbocycles. The lowest BCUT2D eigenvalue weighted by Gasteiger charge is -2.35. The zero-order valence-corrected chi connectivity index (χ0v) is 18.0. The maximum absolute atomic E-state index is 13.1. The largest absolute Gasteiger partial charge is 0.497 e. The molecule has 6 nitrogen and oxygen atoms in total. The van der Waals surface area contributed by atoms with Gasteiger partial charge in [0.25, 0.3) is 5.91 Å². The summed E-state index contributed by atoms with van der Waals surface area (Å²) in [6, 6.07) is 11.8. The summed E-state index contributed by atoms with van der Waals surface area (Å²) >= 11 is 0. The molecule has 0 N–H and O–H groups in total. The third-order valence-electron chi connectivity index (χ3n) is 5.39. The number of carbonyl (C=O) groups excluding carboxylic acids is 1. The van der Waals surface area contributed by atoms with Gasteiger partial charge >= 0.3 is 0 Å². The second-order valence-electron chi connectivity index (χ2n) is 7.28. The van der Waals surface area contributed by atoms with Crippen molar-refractivity contribution in [1.29, 1.82) is 0 Å². The van der Waals surface area contributed by atoms with Crippen LogP contribution in [-0.2, 0) is 13.0 Å². The second-order valence-corrected chi connectivity index (χ2v) is 7.28. The Hall–Kier alpha value is -2.99. The SMILES string of the molecule is C=CCc1cc(C(=O)N2CCN(Cc3ccc(OC)cc3)CC2)cc(OC)c1OC. The van der Waals surface area contributed by atoms with Gasteiger partial charge in [0.15, 0.2) is 11.5 Å². The molecule has 0 aliphatic carbocycles. The number of benzene rings is 2. The predicted molar refractivity (Wildman–Crippen MR) is 118 cm³/mol. The van der Waals surface area contributed by atoms with Gasteiger partial charge in [-0.3, -0.25) is 9.69 Å². The van der Waals surface area contributed by atoms with Crippen LogP contribution in [0.4, 0.5) is 0 Å². The Balaban J connectivity index is 1.65. The minimum absolute atomic E-state index is 0.0189. The standard InChI is InChI=1S/C24H30N2O4/c1-5-6-19-15-20(16-22(29-3)23(19)30-4)24(27)26-13-11-25(12-14-26)17-18-7-9-21(28-2)10-8-18/h5,7-10,15-16H,1,6,11-14,17H2,2-4H3. The van der Waals surface area contributed by atoms with E-state index in [1.807, 2.05) is 23.1 Å². The number of allylic oxidation sites excluding steroid dienone is 1. The molecule has 1 saturated heterocycles. The molecule has 1 fully saturated rings. The van der Waals surface area contributed by atoms with Crippen LogP contribution in [-0.4, -0.2) is 63.2 Å². The number of ether oxygens (including phenoxy) is 3. The van der Waals surface area contributed by atoms with E-state index in [4.69, 9.17) is 14.2 Å². The summed E-state index contributed by atoms with van der Waals surface area (Å²) in [5, 5.41) is 0. The number of hydrogen-bond donors (Lipinski definition) is 0. The molecule has 30 heavy (non-hydrogen) atoms. The van der Waals surface area contributed by atoms with Crippen LogP contribution in [0.1, 0.15) is 21.5 Å². The van der Waals surface area contributed by atoms with Gasteiger partial charge in [0.1, 0.15) is 5.75 Å². The summed E-state index contributed by atoms with van der Waals surface area (Å²) in [5.41, 5.74) is 2.76. The molecule has 2 aromatic carbocycles. The summed E-state index contributed by atoms with van der Waals surface area (Å²) in [7, 11) is 4.86. The van der Waals surface area contributed by atoms with Crippen LogP contribution in [0, 0.1) is 0 Å². The fraction of sp³-hybridized carbons (Fsp3) is 0.375. The van der Waals surface area contributed by atoms with Gasteiger partial charge < -0.3 is 19.1 Å². The van der Waals surface area contributed by atoms with E-state index in [1.54, 1.807) is 33.5 Å². The van der Waals surface area contributed by atoms with Crippen LogP contribution in [0.15, 0.2) is 49.1 Å². The van der Waals surface area contributed by atoms with Crippen LogP contribution in [0.25, 0.3) is 0 Å². The van der Waals surface area contributed by atoms with Gasteiger partial charge in [-0.2, -0.15) is 0 Å². The Morgan fingerprint density at radius 1 is 1.00 bits per heavy atom. The van der Waals surface area contributed by atoms with E-state index in [0.29, 0.717) is 36.6 Å². The number of amides is 1. The molecule has 0 unspecified atom stereocenters. The fourth-order valence-electron chi connectivity index (χ4n) is 3.75. The van der Waals surface area contributed by atoms with Crippen molar-refractivity contribution in [1.82, 2.24) is 9.80 Å². The van der Waals surface area contributed by atoms with Crippen LogP contribution in [0.2, 0.25) is 0 Å². The van der Waals surface area contributed by atoms with Crippen molar-refractivity contribution in [3.63, 3.8) is 0 Å². The Morgan fingerprint density at radius 2 is 1.70 bits per heavy atom. The zero-order valence-electron chi connectivity index (χ0n) is 18.0. The van der Waals surface area contributed by atoms with Gasteiger partial charge in [-0.15, -0.1) is 6.58 Å². The number of hydrogen-bond acceptors (Lipinski definition) is 5. The molecule has 3 rings (SSSR count). The summed E-state index contributed by atoms with van der Waals surface area (Å²) in [5.74, 6) is 2.10. The Morgan fingerprint density at radius 3 is 2.27 bits per heavy atom. The van der Waals surface area contributed by atoms with E-state index in [2.05, 4.69) is 23.6 Å². The van der Waals surface area contributed by atoms with Crippen LogP contribution >= 0.6 is 0 Å². The minimum Gasteiger partial charge on any atom is -0.497 e. The molecule has 1 aliphatic heterocycles. The first kappa shape index (κ1) is 21.7. The number of methoxy groups -OCH3 is 3. The van der Waals surface area contributed by atoms with Crippen molar-refractivity contribution >= 4 is 5.91 Å². The maximum Gasteiger partial charge on any atom is 0.254 e. The molecule has 1 amide bonds. The zero-order chi connectivity index (χ0) is 21.5. The van der Waals surface area contributed by atoms with Crippen LogP contribution < -0.4 is 14.2 Å². The molecule has 0 atom stereocenters. The van der Waals surface area contributed by atoms with Gasteiger partial charge in [-0.05, 0) is 36.2 Å². The monoisotopic (exact) mass is 410 g/mol. The molecule has 0 radical (unpaired) electrons. The van der Waals surface area contributed by atoms with Crippen molar-refractivity contribution < 1.29 is 19.0 Å². The van der Waals surface area contributed by atoms with Crippen LogP contribution in [0.3, 0.4) is 0 Å². The number of nitrogens with zero attached hydrogens (tertiary/aromatic N) is 2. The van der Waals surface area contributed by atoms with Crippen molar-refractivity contribution in [3.8, 4) is 17.2 Å².